The molecule has 0 aliphatic heterocycles. The minimum absolute atomic E-state index is 0.148. The molecule has 7 heteroatoms. The summed E-state index contributed by atoms with van der Waals surface area (Å²) in [5.74, 6) is 0.422. The molecule has 1 amide bonds. The van der Waals surface area contributed by atoms with E-state index in [0.29, 0.717) is 14.3 Å². The highest BCUT2D eigenvalue weighted by molar-refractivity contribution is 14.1. The summed E-state index contributed by atoms with van der Waals surface area (Å²) in [6.45, 7) is 3.61. The van der Waals surface area contributed by atoms with Gasteiger partial charge in [-0.3, -0.25) is 4.79 Å². The Morgan fingerprint density at radius 3 is 2.62 bits per heavy atom. The third-order valence-electron chi connectivity index (χ3n) is 3.15. The number of carbonyl (C=O) groups excluding carboxylic acids is 1. The molecule has 0 aromatic heterocycles. The van der Waals surface area contributed by atoms with Crippen molar-refractivity contribution in [3.05, 3.63) is 55.6 Å². The van der Waals surface area contributed by atoms with Crippen molar-refractivity contribution in [3.8, 4) is 11.5 Å². The van der Waals surface area contributed by atoms with Crippen molar-refractivity contribution in [1.29, 1.82) is 0 Å². The highest BCUT2D eigenvalue weighted by Gasteiger charge is 2.06. The van der Waals surface area contributed by atoms with Gasteiger partial charge in [-0.25, -0.2) is 5.43 Å². The van der Waals surface area contributed by atoms with Crippen LogP contribution in [0.15, 0.2) is 35.4 Å². The number of hydrogen-bond acceptors (Lipinski definition) is 4. The number of amides is 1. The first-order valence-electron chi connectivity index (χ1n) is 7.07. The van der Waals surface area contributed by atoms with Crippen molar-refractivity contribution in [1.82, 2.24) is 5.43 Å². The van der Waals surface area contributed by atoms with E-state index in [1.54, 1.807) is 30.3 Å². The van der Waals surface area contributed by atoms with Crippen molar-refractivity contribution >= 4 is 46.3 Å². The molecule has 0 fully saturated rings. The number of hydrogen-bond donors (Lipinski definition) is 2. The van der Waals surface area contributed by atoms with E-state index < -0.39 is 0 Å². The number of phenolic OH excluding ortho intramolecular Hbond substituents is 1. The van der Waals surface area contributed by atoms with Crippen LogP contribution in [-0.2, 0) is 4.79 Å². The zero-order chi connectivity index (χ0) is 17.7. The summed E-state index contributed by atoms with van der Waals surface area (Å²) in [6, 6.07) is 8.58. The van der Waals surface area contributed by atoms with E-state index in [1.807, 2.05) is 36.4 Å². The van der Waals surface area contributed by atoms with Gasteiger partial charge in [0.2, 0.25) is 0 Å². The summed E-state index contributed by atoms with van der Waals surface area (Å²) in [7, 11) is 0. The van der Waals surface area contributed by atoms with Crippen LogP contribution in [0.1, 0.15) is 16.7 Å². The fraction of sp³-hybridized carbons (Fsp3) is 0.176. The maximum absolute atomic E-state index is 11.7. The lowest BCUT2D eigenvalue weighted by atomic mass is 10.1. The predicted octanol–water partition coefficient (Wildman–Crippen LogP) is 3.80. The first kappa shape index (κ1) is 18.5. The molecule has 0 spiro atoms. The molecule has 0 aliphatic carbocycles. The van der Waals surface area contributed by atoms with Gasteiger partial charge in [0.1, 0.15) is 11.5 Å². The monoisotopic (exact) mass is 458 g/mol. The van der Waals surface area contributed by atoms with E-state index in [-0.39, 0.29) is 18.3 Å². The van der Waals surface area contributed by atoms with Gasteiger partial charge in [0.15, 0.2) is 6.61 Å². The smallest absolute Gasteiger partial charge is 0.277 e. The van der Waals surface area contributed by atoms with Crippen LogP contribution in [0.5, 0.6) is 11.5 Å². The second-order valence-electron chi connectivity index (χ2n) is 5.16. The first-order chi connectivity index (χ1) is 11.4. The third-order valence-corrected chi connectivity index (χ3v) is 4.61. The van der Waals surface area contributed by atoms with Gasteiger partial charge in [0.05, 0.1) is 9.78 Å². The number of nitrogens with one attached hydrogen (secondary N) is 1. The molecule has 0 heterocycles. The molecule has 24 heavy (non-hydrogen) atoms. The second kappa shape index (κ2) is 8.34. The summed E-state index contributed by atoms with van der Waals surface area (Å²) in [6.07, 6.45) is 1.50. The highest BCUT2D eigenvalue weighted by Crippen LogP contribution is 2.25. The molecule has 0 atom stereocenters. The number of hydrazone groups is 1. The van der Waals surface area contributed by atoms with E-state index in [9.17, 15) is 9.90 Å². The van der Waals surface area contributed by atoms with E-state index in [4.69, 9.17) is 16.3 Å². The zero-order valence-corrected chi connectivity index (χ0v) is 16.1. The summed E-state index contributed by atoms with van der Waals surface area (Å²) in [5.41, 5.74) is 4.95. The average Bonchev–Trinajstić information content (AvgIpc) is 2.54. The van der Waals surface area contributed by atoms with Gasteiger partial charge in [0.25, 0.3) is 5.91 Å². The van der Waals surface area contributed by atoms with Crippen molar-refractivity contribution in [2.24, 2.45) is 5.10 Å². The van der Waals surface area contributed by atoms with Gasteiger partial charge in [0, 0.05) is 5.02 Å². The Morgan fingerprint density at radius 1 is 1.33 bits per heavy atom. The average molecular weight is 459 g/mol. The van der Waals surface area contributed by atoms with Crippen LogP contribution >= 0.6 is 34.2 Å². The van der Waals surface area contributed by atoms with Crippen molar-refractivity contribution in [3.63, 3.8) is 0 Å². The van der Waals surface area contributed by atoms with Gasteiger partial charge < -0.3 is 9.84 Å². The number of phenols is 1. The maximum atomic E-state index is 11.7. The molecule has 0 unspecified atom stereocenters. The van der Waals surface area contributed by atoms with E-state index in [2.05, 4.69) is 10.5 Å². The number of ether oxygens (including phenoxy) is 1. The van der Waals surface area contributed by atoms with E-state index >= 15 is 0 Å². The predicted molar refractivity (Wildman–Crippen MR) is 103 cm³/mol. The van der Waals surface area contributed by atoms with Crippen LogP contribution in [0.3, 0.4) is 0 Å². The van der Waals surface area contributed by atoms with Crippen LogP contribution in [0.2, 0.25) is 5.02 Å². The summed E-state index contributed by atoms with van der Waals surface area (Å²) in [5, 5.41) is 14.0. The zero-order valence-electron chi connectivity index (χ0n) is 13.1. The Hall–Kier alpha value is -1.80. The largest absolute Gasteiger partial charge is 0.507 e. The van der Waals surface area contributed by atoms with Crippen molar-refractivity contribution < 1.29 is 14.6 Å². The lowest BCUT2D eigenvalue weighted by Crippen LogP contribution is -2.24. The fourth-order valence-electron chi connectivity index (χ4n) is 1.95. The molecule has 126 valence electrons. The quantitative estimate of drug-likeness (QED) is 0.407. The number of halogens is 2. The molecule has 0 aliphatic rings. The van der Waals surface area contributed by atoms with Gasteiger partial charge in [-0.05, 0) is 83.5 Å². The molecular weight excluding hydrogens is 443 g/mol. The number of carbonyl (C=O) groups is 1. The number of aryl methyl sites for hydroxylation is 2. The van der Waals surface area contributed by atoms with Crippen LogP contribution in [0.4, 0.5) is 0 Å². The Kier molecular flexibility index (Phi) is 6.44. The molecule has 2 aromatic carbocycles. The summed E-state index contributed by atoms with van der Waals surface area (Å²) >= 11 is 8.10. The van der Waals surface area contributed by atoms with Crippen molar-refractivity contribution in [2.75, 3.05) is 6.61 Å². The first-order valence-corrected chi connectivity index (χ1v) is 8.52. The highest BCUT2D eigenvalue weighted by atomic mass is 127. The van der Waals surface area contributed by atoms with Gasteiger partial charge >= 0.3 is 0 Å². The second-order valence-corrected chi connectivity index (χ2v) is 6.70. The molecule has 0 radical (unpaired) electrons. The number of nitrogens with zero attached hydrogens (tertiary/aromatic N) is 1. The Balaban J connectivity index is 1.87. The number of aromatic hydroxyl groups is 1. The molecule has 2 aromatic rings. The molecular formula is C17H16ClIN2O3. The number of rotatable bonds is 5. The molecule has 5 nitrogen and oxygen atoms in total. The number of benzene rings is 2. The molecule has 2 rings (SSSR count). The molecule has 2 N–H and O–H groups in total. The Morgan fingerprint density at radius 2 is 2.00 bits per heavy atom. The van der Waals surface area contributed by atoms with Crippen LogP contribution < -0.4 is 10.2 Å². The fourth-order valence-corrected chi connectivity index (χ4v) is 2.60. The topological polar surface area (TPSA) is 70.9 Å². The normalized spacial score (nSPS) is 10.8. The summed E-state index contributed by atoms with van der Waals surface area (Å²) < 4.78 is 6.15. The molecule has 0 saturated heterocycles. The van der Waals surface area contributed by atoms with E-state index in [1.165, 1.54) is 6.21 Å². The molecule has 0 bridgehead atoms. The van der Waals surface area contributed by atoms with Crippen molar-refractivity contribution in [2.45, 2.75) is 13.8 Å². The SMILES string of the molecule is Cc1cc(OCC(=O)NN=Cc2ccc(O)c(I)c2)cc(C)c1Cl. The lowest BCUT2D eigenvalue weighted by molar-refractivity contribution is -0.123. The third kappa shape index (κ3) is 5.10. The Bertz CT molecular complexity index is 770. The minimum atomic E-state index is -0.370. The van der Waals surface area contributed by atoms with Crippen LogP contribution in [0.25, 0.3) is 0 Å². The maximum Gasteiger partial charge on any atom is 0.277 e. The van der Waals surface area contributed by atoms with Gasteiger partial charge in [-0.15, -0.1) is 0 Å². The Labute approximate surface area is 158 Å². The molecule has 0 saturated carbocycles. The van der Waals surface area contributed by atoms with Crippen LogP contribution in [0, 0.1) is 17.4 Å². The van der Waals surface area contributed by atoms with Crippen LogP contribution in [-0.4, -0.2) is 23.8 Å². The minimum Gasteiger partial charge on any atom is -0.507 e. The van der Waals surface area contributed by atoms with E-state index in [0.717, 1.165) is 16.7 Å². The lowest BCUT2D eigenvalue weighted by Gasteiger charge is -2.09. The van der Waals surface area contributed by atoms with Gasteiger partial charge in [-0.1, -0.05) is 11.6 Å². The summed E-state index contributed by atoms with van der Waals surface area (Å²) in [4.78, 5) is 11.7. The standard InChI is InChI=1S/C17H16ClIN2O3/c1-10-5-13(6-11(2)17(10)18)24-9-16(23)21-20-8-12-3-4-15(22)14(19)7-12/h3-8,22H,9H2,1-2H3,(H,21,23). The van der Waals surface area contributed by atoms with Gasteiger partial charge in [-0.2, -0.15) is 5.10 Å².